The predicted octanol–water partition coefficient (Wildman–Crippen LogP) is 7.08. The second-order valence-electron chi connectivity index (χ2n) is 15.5. The molecule has 3 aliphatic rings. The van der Waals surface area contributed by atoms with Crippen LogP contribution in [0.1, 0.15) is 91.2 Å². The Labute approximate surface area is 324 Å². The number of allylic oxidation sites excluding steroid dienone is 2. The number of ether oxygens (including phenoxy) is 1. The van der Waals surface area contributed by atoms with Gasteiger partial charge in [0.25, 0.3) is 0 Å². The van der Waals surface area contributed by atoms with E-state index in [2.05, 4.69) is 67.6 Å². The molecule has 3 fully saturated rings. The summed E-state index contributed by atoms with van der Waals surface area (Å²) in [7, 11) is 2.04. The lowest BCUT2D eigenvalue weighted by Gasteiger charge is -2.49. The molecule has 4 rings (SSSR count). The molecule has 3 aliphatic heterocycles. The molecule has 11 heteroatoms. The summed E-state index contributed by atoms with van der Waals surface area (Å²) >= 11 is 0. The molecular weight excluding hydrogens is 679 g/mol. The van der Waals surface area contributed by atoms with Crippen molar-refractivity contribution >= 4 is 30.0 Å². The quantitative estimate of drug-likeness (QED) is 0.0672. The molecule has 11 nitrogen and oxygen atoms in total. The lowest BCUT2D eigenvalue weighted by molar-refractivity contribution is -0.139. The Kier molecular flexibility index (Phi) is 18.3. The van der Waals surface area contributed by atoms with Crippen molar-refractivity contribution in [3.63, 3.8) is 0 Å². The zero-order valence-corrected chi connectivity index (χ0v) is 33.8. The first kappa shape index (κ1) is 44.3. The van der Waals surface area contributed by atoms with Gasteiger partial charge >= 0.3 is 6.09 Å². The van der Waals surface area contributed by atoms with E-state index in [9.17, 15) is 14.4 Å². The van der Waals surface area contributed by atoms with Crippen molar-refractivity contribution in [3.05, 3.63) is 72.9 Å². The number of benzene rings is 1. The number of amides is 2. The van der Waals surface area contributed by atoms with Crippen molar-refractivity contribution < 1.29 is 19.1 Å². The smallest absolute Gasteiger partial charge is 0.410 e. The van der Waals surface area contributed by atoms with Gasteiger partial charge in [0.05, 0.1) is 5.84 Å². The highest BCUT2D eigenvalue weighted by molar-refractivity contribution is 5.98. The molecule has 3 heterocycles. The number of hydrogen-bond donors (Lipinski definition) is 3. The summed E-state index contributed by atoms with van der Waals surface area (Å²) in [5.74, 6) is 1.78. The van der Waals surface area contributed by atoms with E-state index in [-0.39, 0.29) is 36.5 Å². The van der Waals surface area contributed by atoms with E-state index in [4.69, 9.17) is 15.6 Å². The molecule has 0 bridgehead atoms. The molecule has 0 spiro atoms. The number of aldehydes is 1. The second kappa shape index (κ2) is 22.3. The largest absolute Gasteiger partial charge is 0.445 e. The first-order valence-electron chi connectivity index (χ1n) is 19.8. The number of hydrogen-bond acceptors (Lipinski definition) is 8. The zero-order chi connectivity index (χ0) is 39.8. The monoisotopic (exact) mass is 746 g/mol. The number of amidine groups is 2. The number of rotatable bonds is 17. The van der Waals surface area contributed by atoms with Crippen LogP contribution in [0.2, 0.25) is 0 Å². The minimum absolute atomic E-state index is 0.0242. The molecule has 0 aromatic heterocycles. The molecule has 2 amide bonds. The maximum Gasteiger partial charge on any atom is 0.410 e. The van der Waals surface area contributed by atoms with Gasteiger partial charge in [-0.2, -0.15) is 0 Å². The van der Waals surface area contributed by atoms with Gasteiger partial charge in [0.1, 0.15) is 18.7 Å². The van der Waals surface area contributed by atoms with Gasteiger partial charge in [-0.05, 0) is 83.4 Å². The van der Waals surface area contributed by atoms with Crippen molar-refractivity contribution in [2.75, 3.05) is 46.4 Å². The summed E-state index contributed by atoms with van der Waals surface area (Å²) in [4.78, 5) is 42.7. The van der Waals surface area contributed by atoms with Crippen molar-refractivity contribution in [2.24, 2.45) is 17.8 Å². The fourth-order valence-electron chi connectivity index (χ4n) is 7.74. The van der Waals surface area contributed by atoms with Crippen LogP contribution in [0.5, 0.6) is 0 Å². The number of nitrogens with one attached hydrogen (secondary N) is 3. The maximum atomic E-state index is 12.1. The van der Waals surface area contributed by atoms with E-state index in [1.807, 2.05) is 25.8 Å². The van der Waals surface area contributed by atoms with Gasteiger partial charge in [-0.25, -0.2) is 4.79 Å². The number of carbonyl (C=O) groups is 3. The molecule has 298 valence electrons. The van der Waals surface area contributed by atoms with Gasteiger partial charge < -0.3 is 29.5 Å². The van der Waals surface area contributed by atoms with E-state index in [1.165, 1.54) is 12.0 Å². The fourth-order valence-corrected chi connectivity index (χ4v) is 7.74. The van der Waals surface area contributed by atoms with Gasteiger partial charge in [-0.15, -0.1) is 0 Å². The van der Waals surface area contributed by atoms with E-state index < -0.39 is 0 Å². The minimum Gasteiger partial charge on any atom is -0.445 e. The highest BCUT2D eigenvalue weighted by Crippen LogP contribution is 2.32. The molecule has 3 saturated heterocycles. The van der Waals surface area contributed by atoms with E-state index in [1.54, 1.807) is 35.0 Å². The highest BCUT2D eigenvalue weighted by Gasteiger charge is 2.37. The molecule has 3 N–H and O–H groups in total. The lowest BCUT2D eigenvalue weighted by atomic mass is 9.87. The second-order valence-corrected chi connectivity index (χ2v) is 15.5. The van der Waals surface area contributed by atoms with Crippen LogP contribution in [0.25, 0.3) is 0 Å². The molecule has 0 saturated carbocycles. The third-order valence-corrected chi connectivity index (χ3v) is 11.1. The number of piperidine rings is 1. The minimum atomic E-state index is -0.308. The third kappa shape index (κ3) is 13.0. The number of carbonyl (C=O) groups excluding carboxylic acids is 3. The van der Waals surface area contributed by atoms with Gasteiger partial charge in [0.2, 0.25) is 5.91 Å². The van der Waals surface area contributed by atoms with E-state index in [0.29, 0.717) is 68.3 Å². The molecule has 1 aromatic rings. The summed E-state index contributed by atoms with van der Waals surface area (Å²) in [5, 5.41) is 20.0. The van der Waals surface area contributed by atoms with Crippen LogP contribution < -0.4 is 5.32 Å². The van der Waals surface area contributed by atoms with Crippen molar-refractivity contribution in [2.45, 2.75) is 104 Å². The molecule has 4 unspecified atom stereocenters. The fraction of sp³-hybridized carbons (Fsp3) is 0.605. The van der Waals surface area contributed by atoms with Gasteiger partial charge in [-0.1, -0.05) is 75.6 Å². The Morgan fingerprint density at radius 1 is 1.07 bits per heavy atom. The Bertz CT molecular complexity index is 1430. The topological polar surface area (TPSA) is 133 Å². The Hall–Kier alpha value is -4.09. The predicted molar refractivity (Wildman–Crippen MR) is 219 cm³/mol. The van der Waals surface area contributed by atoms with Crippen molar-refractivity contribution in [3.8, 4) is 0 Å². The number of nitrogens with zero attached hydrogens (tertiary/aromatic N) is 4. The Morgan fingerprint density at radius 2 is 1.74 bits per heavy atom. The van der Waals surface area contributed by atoms with Crippen LogP contribution in [0.3, 0.4) is 0 Å². The molecular formula is C43H67N7O4. The van der Waals surface area contributed by atoms with Crippen LogP contribution in [0.15, 0.2) is 67.3 Å². The van der Waals surface area contributed by atoms with Gasteiger partial charge in [0, 0.05) is 75.1 Å². The van der Waals surface area contributed by atoms with Crippen LogP contribution in [-0.4, -0.2) is 114 Å². The molecule has 0 radical (unpaired) electrons. The van der Waals surface area contributed by atoms with Crippen LogP contribution in [0.4, 0.5) is 4.79 Å². The third-order valence-electron chi connectivity index (χ3n) is 11.1. The highest BCUT2D eigenvalue weighted by atomic mass is 16.6. The molecule has 4 atom stereocenters. The van der Waals surface area contributed by atoms with Crippen LogP contribution in [-0.2, 0) is 14.3 Å². The van der Waals surface area contributed by atoms with E-state index in [0.717, 1.165) is 50.5 Å². The summed E-state index contributed by atoms with van der Waals surface area (Å²) in [6.07, 6.45) is 12.1. The molecule has 0 aliphatic carbocycles. The lowest BCUT2D eigenvalue weighted by Crippen LogP contribution is -2.57. The van der Waals surface area contributed by atoms with E-state index >= 15 is 0 Å². The first-order valence-corrected chi connectivity index (χ1v) is 19.8. The number of likely N-dealkylation sites (tertiary alicyclic amines) is 3. The average Bonchev–Trinajstić information content (AvgIpc) is 3.14. The van der Waals surface area contributed by atoms with Gasteiger partial charge in [-0.3, -0.25) is 20.5 Å². The van der Waals surface area contributed by atoms with Crippen LogP contribution in [0, 0.1) is 28.6 Å². The maximum absolute atomic E-state index is 12.1. The molecule has 1 aromatic carbocycles. The SMILES string of the molecule is C=C/C=C(\C=C)COC(=O)N1CCC(CCC(=O)N2CC(C=O)C2)CC1.CNC(CCN1C(C)CC1CC(C)N(C(C)=N)C(=N)C(C)C)c1ccccc1. The summed E-state index contributed by atoms with van der Waals surface area (Å²) in [5.41, 5.74) is 2.16. The Morgan fingerprint density at radius 3 is 2.28 bits per heavy atom. The van der Waals surface area contributed by atoms with Crippen LogP contribution >= 0.6 is 0 Å². The zero-order valence-electron chi connectivity index (χ0n) is 33.8. The van der Waals surface area contributed by atoms with Crippen molar-refractivity contribution in [1.29, 1.82) is 10.8 Å². The Balaban J connectivity index is 0.000000291. The standard InChI is InChI=1S/C23H39N5.C20H28N2O4/c1-16(2)23(25)28(19(5)24)18(4)15-21-14-17(3)27(21)13-12-22(26-6)20-10-8-7-9-11-20;1-3-5-16(4-2)15-26-20(25)21-10-8-17(9-11-21)6-7-19(24)22-12-18(13-22)14-23/h7-11,16-18,21-22,24-26H,12-15H2,1-6H3;3-5,14,17-18H,1-2,6-13,15H2/b;16-5+. The average molecular weight is 746 g/mol. The summed E-state index contributed by atoms with van der Waals surface area (Å²) in [6, 6.07) is 12.4. The molecule has 54 heavy (non-hydrogen) atoms. The summed E-state index contributed by atoms with van der Waals surface area (Å²) < 4.78 is 5.31. The summed E-state index contributed by atoms with van der Waals surface area (Å²) in [6.45, 7) is 21.3. The first-order chi connectivity index (χ1) is 25.8. The normalized spacial score (nSPS) is 20.4. The van der Waals surface area contributed by atoms with Gasteiger partial charge in [0.15, 0.2) is 0 Å². The van der Waals surface area contributed by atoms with Crippen molar-refractivity contribution in [1.82, 2.24) is 24.9 Å².